The SMILES string of the molecule is CCCOC(=O)Cc1c(C)n(C(=O)c2ccc(F)c(F)c2)c2cc(F)c(O)c(F)c12. The molecular weight excluding hydrogens is 406 g/mol. The van der Waals surface area contributed by atoms with Crippen LogP contribution >= 0.6 is 0 Å². The van der Waals surface area contributed by atoms with Gasteiger partial charge in [0, 0.05) is 22.7 Å². The predicted molar refractivity (Wildman–Crippen MR) is 99.3 cm³/mol. The zero-order chi connectivity index (χ0) is 22.2. The van der Waals surface area contributed by atoms with Gasteiger partial charge in [-0.15, -0.1) is 0 Å². The topological polar surface area (TPSA) is 68.5 Å². The number of nitrogens with zero attached hydrogens (tertiary/aromatic N) is 1. The molecule has 1 N–H and O–H groups in total. The van der Waals surface area contributed by atoms with Gasteiger partial charge in [-0.25, -0.2) is 17.6 Å². The number of carbonyl (C=O) groups is 2. The summed E-state index contributed by atoms with van der Waals surface area (Å²) in [4.78, 5) is 25.1. The number of phenolic OH excluding ortho intramolecular Hbond substituents is 1. The number of halogens is 4. The smallest absolute Gasteiger partial charge is 0.310 e. The van der Waals surface area contributed by atoms with E-state index >= 15 is 0 Å². The van der Waals surface area contributed by atoms with E-state index in [-0.39, 0.29) is 34.3 Å². The van der Waals surface area contributed by atoms with Crippen molar-refractivity contribution >= 4 is 22.8 Å². The molecule has 30 heavy (non-hydrogen) atoms. The minimum absolute atomic E-state index is 0.00911. The Bertz CT molecular complexity index is 1170. The normalized spacial score (nSPS) is 11.1. The van der Waals surface area contributed by atoms with Crippen molar-refractivity contribution in [3.05, 3.63) is 64.4 Å². The van der Waals surface area contributed by atoms with E-state index in [0.29, 0.717) is 12.5 Å². The van der Waals surface area contributed by atoms with Gasteiger partial charge < -0.3 is 9.84 Å². The van der Waals surface area contributed by atoms with Gasteiger partial charge in [0.15, 0.2) is 29.0 Å². The predicted octanol–water partition coefficient (Wildman–Crippen LogP) is 4.40. The number of hydrogen-bond acceptors (Lipinski definition) is 4. The third-order valence-electron chi connectivity index (χ3n) is 4.65. The van der Waals surface area contributed by atoms with Crippen LogP contribution in [0.5, 0.6) is 5.75 Å². The molecule has 0 unspecified atom stereocenters. The van der Waals surface area contributed by atoms with Crippen molar-refractivity contribution in [2.45, 2.75) is 26.7 Å². The van der Waals surface area contributed by atoms with E-state index in [1.165, 1.54) is 6.92 Å². The molecule has 0 radical (unpaired) electrons. The fraction of sp³-hybridized carbons (Fsp3) is 0.238. The second-order valence-corrected chi connectivity index (χ2v) is 6.65. The Morgan fingerprint density at radius 1 is 1.07 bits per heavy atom. The van der Waals surface area contributed by atoms with Crippen LogP contribution in [-0.4, -0.2) is 28.2 Å². The van der Waals surface area contributed by atoms with E-state index in [1.807, 2.05) is 0 Å². The van der Waals surface area contributed by atoms with Crippen molar-refractivity contribution in [1.82, 2.24) is 4.57 Å². The lowest BCUT2D eigenvalue weighted by atomic mass is 10.1. The van der Waals surface area contributed by atoms with Crippen molar-refractivity contribution in [2.75, 3.05) is 6.61 Å². The summed E-state index contributed by atoms with van der Waals surface area (Å²) in [5.41, 5.74) is -0.469. The van der Waals surface area contributed by atoms with Crippen molar-refractivity contribution in [3.63, 3.8) is 0 Å². The Balaban J connectivity index is 2.23. The fourth-order valence-electron chi connectivity index (χ4n) is 3.20. The zero-order valence-corrected chi connectivity index (χ0v) is 16.1. The van der Waals surface area contributed by atoms with Crippen LogP contribution in [0, 0.1) is 30.2 Å². The van der Waals surface area contributed by atoms with Crippen LogP contribution in [0.3, 0.4) is 0 Å². The summed E-state index contributed by atoms with van der Waals surface area (Å²) in [7, 11) is 0. The summed E-state index contributed by atoms with van der Waals surface area (Å²) in [6, 6.07) is 3.17. The molecule has 1 heterocycles. The van der Waals surface area contributed by atoms with E-state index in [2.05, 4.69) is 0 Å². The molecule has 0 saturated carbocycles. The highest BCUT2D eigenvalue weighted by molar-refractivity contribution is 6.05. The molecule has 0 spiro atoms. The van der Waals surface area contributed by atoms with Gasteiger partial charge in [-0.1, -0.05) is 6.92 Å². The second kappa shape index (κ2) is 8.17. The van der Waals surface area contributed by atoms with Gasteiger partial charge >= 0.3 is 5.97 Å². The Morgan fingerprint density at radius 2 is 1.77 bits per heavy atom. The van der Waals surface area contributed by atoms with Crippen molar-refractivity contribution in [1.29, 1.82) is 0 Å². The molecule has 0 aliphatic rings. The lowest BCUT2D eigenvalue weighted by molar-refractivity contribution is -0.142. The van der Waals surface area contributed by atoms with Gasteiger partial charge in [-0.2, -0.15) is 0 Å². The van der Waals surface area contributed by atoms with E-state index in [9.17, 15) is 32.3 Å². The number of fused-ring (bicyclic) bond motifs is 1. The molecule has 2 aromatic carbocycles. The third-order valence-corrected chi connectivity index (χ3v) is 4.65. The minimum atomic E-state index is -1.34. The van der Waals surface area contributed by atoms with Crippen LogP contribution in [0.4, 0.5) is 17.6 Å². The maximum absolute atomic E-state index is 14.7. The number of carbonyl (C=O) groups excluding carboxylic acids is 2. The zero-order valence-electron chi connectivity index (χ0n) is 16.1. The second-order valence-electron chi connectivity index (χ2n) is 6.65. The fourth-order valence-corrected chi connectivity index (χ4v) is 3.20. The molecule has 0 aliphatic heterocycles. The number of ether oxygens (including phenoxy) is 1. The number of aromatic hydroxyl groups is 1. The average Bonchev–Trinajstić information content (AvgIpc) is 2.97. The first-order chi connectivity index (χ1) is 14.2. The number of esters is 1. The van der Waals surface area contributed by atoms with E-state index in [0.717, 1.165) is 22.8 Å². The molecule has 3 aromatic rings. The van der Waals surface area contributed by atoms with Gasteiger partial charge in [0.05, 0.1) is 18.5 Å². The molecule has 0 fully saturated rings. The van der Waals surface area contributed by atoms with Crippen molar-refractivity contribution < 1.29 is 37.0 Å². The molecule has 3 rings (SSSR count). The lowest BCUT2D eigenvalue weighted by Gasteiger charge is -2.08. The first kappa shape index (κ1) is 21.4. The monoisotopic (exact) mass is 423 g/mol. The molecule has 5 nitrogen and oxygen atoms in total. The summed E-state index contributed by atoms with van der Waals surface area (Å²) in [6.07, 6.45) is 0.115. The lowest BCUT2D eigenvalue weighted by Crippen LogP contribution is -2.15. The van der Waals surface area contributed by atoms with Gasteiger partial charge in [-0.05, 0) is 37.1 Å². The molecule has 1 aromatic heterocycles. The first-order valence-electron chi connectivity index (χ1n) is 9.03. The summed E-state index contributed by atoms with van der Waals surface area (Å²) in [5.74, 6) is -7.96. The molecule has 0 aliphatic carbocycles. The molecule has 0 atom stereocenters. The van der Waals surface area contributed by atoms with Gasteiger partial charge in [0.1, 0.15) is 0 Å². The standard InChI is InChI=1S/C21H17F4NO4/c1-3-6-30-17(27)8-12-10(2)26(16-9-15(24)20(28)19(25)18(12)16)21(29)11-4-5-13(22)14(23)7-11/h4-5,7,9,28H,3,6,8H2,1-2H3. The Labute approximate surface area is 168 Å². The Kier molecular flexibility index (Phi) is 5.82. The minimum Gasteiger partial charge on any atom is -0.503 e. The molecule has 0 saturated heterocycles. The first-order valence-corrected chi connectivity index (χ1v) is 9.03. The highest BCUT2D eigenvalue weighted by atomic mass is 19.2. The number of phenols is 1. The molecule has 0 amide bonds. The maximum Gasteiger partial charge on any atom is 0.310 e. The summed E-state index contributed by atoms with van der Waals surface area (Å²) < 4.78 is 61.4. The largest absolute Gasteiger partial charge is 0.503 e. The van der Waals surface area contributed by atoms with Gasteiger partial charge in [0.2, 0.25) is 0 Å². The highest BCUT2D eigenvalue weighted by Crippen LogP contribution is 2.35. The summed E-state index contributed by atoms with van der Waals surface area (Å²) in [6.45, 7) is 3.30. The number of benzene rings is 2. The van der Waals surface area contributed by atoms with Crippen molar-refractivity contribution in [2.24, 2.45) is 0 Å². The third kappa shape index (κ3) is 3.62. The van der Waals surface area contributed by atoms with Crippen LogP contribution in [0.15, 0.2) is 24.3 Å². The number of rotatable bonds is 5. The van der Waals surface area contributed by atoms with Crippen molar-refractivity contribution in [3.8, 4) is 5.75 Å². The van der Waals surface area contributed by atoms with Crippen LogP contribution in [-0.2, 0) is 16.0 Å². The van der Waals surface area contributed by atoms with Crippen LogP contribution in [0.2, 0.25) is 0 Å². The Hall–Kier alpha value is -3.36. The number of aromatic nitrogens is 1. The van der Waals surface area contributed by atoms with Crippen LogP contribution in [0.1, 0.15) is 35.0 Å². The summed E-state index contributed by atoms with van der Waals surface area (Å²) in [5, 5.41) is 9.34. The number of hydrogen-bond donors (Lipinski definition) is 1. The quantitative estimate of drug-likeness (QED) is 0.488. The van der Waals surface area contributed by atoms with Crippen LogP contribution < -0.4 is 0 Å². The molecule has 9 heteroatoms. The van der Waals surface area contributed by atoms with Gasteiger partial charge in [0.25, 0.3) is 5.91 Å². The maximum atomic E-state index is 14.7. The van der Waals surface area contributed by atoms with E-state index in [4.69, 9.17) is 4.74 Å². The summed E-state index contributed by atoms with van der Waals surface area (Å²) >= 11 is 0. The van der Waals surface area contributed by atoms with E-state index in [1.54, 1.807) is 6.92 Å². The molecular formula is C21H17F4NO4. The van der Waals surface area contributed by atoms with Gasteiger partial charge in [-0.3, -0.25) is 14.2 Å². The molecule has 158 valence electrons. The molecule has 0 bridgehead atoms. The Morgan fingerprint density at radius 3 is 2.40 bits per heavy atom. The average molecular weight is 423 g/mol. The van der Waals surface area contributed by atoms with Crippen LogP contribution in [0.25, 0.3) is 10.9 Å². The highest BCUT2D eigenvalue weighted by Gasteiger charge is 2.27. The van der Waals surface area contributed by atoms with E-state index < -0.39 is 47.3 Å².